The second-order valence-corrected chi connectivity index (χ2v) is 2.92. The van der Waals surface area contributed by atoms with E-state index in [9.17, 15) is 14.4 Å². The van der Waals surface area contributed by atoms with Crippen LogP contribution in [-0.4, -0.2) is 29.2 Å². The Kier molecular flexibility index (Phi) is 3.49. The molecule has 88 valence electrons. The number of aromatic nitrogens is 2. The Hall–Kier alpha value is -2.05. The van der Waals surface area contributed by atoms with Crippen LogP contribution in [0.5, 0.6) is 5.75 Å². The Morgan fingerprint density at radius 3 is 2.56 bits per heavy atom. The molecule has 1 rings (SSSR count). The van der Waals surface area contributed by atoms with E-state index in [1.54, 1.807) is 6.92 Å². The van der Waals surface area contributed by atoms with Gasteiger partial charge in [0.2, 0.25) is 5.75 Å². The van der Waals surface area contributed by atoms with Crippen molar-refractivity contribution in [3.8, 4) is 5.75 Å². The number of hydrogen-bond acceptors (Lipinski definition) is 5. The van der Waals surface area contributed by atoms with Crippen LogP contribution in [0.3, 0.4) is 0 Å². The Morgan fingerprint density at radius 2 is 2.06 bits per heavy atom. The summed E-state index contributed by atoms with van der Waals surface area (Å²) < 4.78 is 10.3. The number of ether oxygens (including phenoxy) is 2. The fraction of sp³-hybridized carbons (Fsp3) is 0.444. The SMILES string of the molecule is CCOC(=O)c1[nH]c(=O)n(C)c(=O)c1OC. The lowest BCUT2D eigenvalue weighted by Crippen LogP contribution is -2.35. The maximum atomic E-state index is 11.6. The summed E-state index contributed by atoms with van der Waals surface area (Å²) in [4.78, 5) is 36.5. The van der Waals surface area contributed by atoms with Crippen LogP contribution in [0.1, 0.15) is 17.4 Å². The standard InChI is InChI=1S/C9H12N2O5/c1-4-16-8(13)5-6(15-3)7(12)11(2)9(14)10-5/h4H2,1-3H3,(H,10,14). The van der Waals surface area contributed by atoms with Crippen molar-refractivity contribution in [1.29, 1.82) is 0 Å². The minimum absolute atomic E-state index is 0.138. The molecule has 0 saturated carbocycles. The number of H-pyrrole nitrogens is 1. The lowest BCUT2D eigenvalue weighted by atomic mass is 10.3. The highest BCUT2D eigenvalue weighted by molar-refractivity contribution is 5.89. The Morgan fingerprint density at radius 1 is 1.44 bits per heavy atom. The minimum Gasteiger partial charge on any atom is -0.489 e. The van der Waals surface area contributed by atoms with Crippen molar-refractivity contribution in [2.24, 2.45) is 7.05 Å². The third kappa shape index (κ3) is 1.97. The maximum Gasteiger partial charge on any atom is 0.359 e. The summed E-state index contributed by atoms with van der Waals surface area (Å²) in [5, 5.41) is 0. The van der Waals surface area contributed by atoms with E-state index < -0.39 is 17.2 Å². The number of nitrogens with one attached hydrogen (secondary N) is 1. The quantitative estimate of drug-likeness (QED) is 0.688. The number of esters is 1. The highest BCUT2D eigenvalue weighted by atomic mass is 16.5. The number of nitrogens with zero attached hydrogens (tertiary/aromatic N) is 1. The van der Waals surface area contributed by atoms with Crippen LogP contribution in [0, 0.1) is 0 Å². The summed E-state index contributed by atoms with van der Waals surface area (Å²) in [6.07, 6.45) is 0. The van der Waals surface area contributed by atoms with E-state index in [0.29, 0.717) is 0 Å². The zero-order chi connectivity index (χ0) is 12.3. The van der Waals surface area contributed by atoms with E-state index in [-0.39, 0.29) is 18.1 Å². The summed E-state index contributed by atoms with van der Waals surface area (Å²) >= 11 is 0. The van der Waals surface area contributed by atoms with Crippen LogP contribution in [0.4, 0.5) is 0 Å². The lowest BCUT2D eigenvalue weighted by Gasteiger charge is -2.07. The molecule has 7 heteroatoms. The van der Waals surface area contributed by atoms with E-state index in [1.165, 1.54) is 14.2 Å². The molecule has 0 spiro atoms. The zero-order valence-corrected chi connectivity index (χ0v) is 9.20. The predicted molar refractivity (Wildman–Crippen MR) is 54.8 cm³/mol. The van der Waals surface area contributed by atoms with Crippen molar-refractivity contribution in [3.63, 3.8) is 0 Å². The maximum absolute atomic E-state index is 11.6. The van der Waals surface area contributed by atoms with E-state index in [0.717, 1.165) is 4.57 Å². The number of carbonyl (C=O) groups excluding carboxylic acids is 1. The molecular weight excluding hydrogens is 216 g/mol. The molecule has 0 fully saturated rings. The molecule has 0 radical (unpaired) electrons. The first-order valence-electron chi connectivity index (χ1n) is 4.57. The van der Waals surface area contributed by atoms with Gasteiger partial charge in [-0.1, -0.05) is 0 Å². The summed E-state index contributed by atoms with van der Waals surface area (Å²) in [6, 6.07) is 0. The molecule has 0 unspecified atom stereocenters. The topological polar surface area (TPSA) is 90.4 Å². The van der Waals surface area contributed by atoms with Gasteiger partial charge in [-0.25, -0.2) is 9.59 Å². The van der Waals surface area contributed by atoms with Crippen LogP contribution in [0.15, 0.2) is 9.59 Å². The first-order valence-corrected chi connectivity index (χ1v) is 4.57. The molecule has 0 aliphatic rings. The Labute approximate surface area is 90.6 Å². The predicted octanol–water partition coefficient (Wildman–Crippen LogP) is -0.741. The van der Waals surface area contributed by atoms with Gasteiger partial charge in [0.25, 0.3) is 5.56 Å². The highest BCUT2D eigenvalue weighted by Crippen LogP contribution is 2.08. The number of hydrogen-bond donors (Lipinski definition) is 1. The van der Waals surface area contributed by atoms with Gasteiger partial charge in [0.05, 0.1) is 13.7 Å². The van der Waals surface area contributed by atoms with Crippen LogP contribution in [0.2, 0.25) is 0 Å². The Bertz CT molecular complexity index is 514. The largest absolute Gasteiger partial charge is 0.489 e. The molecule has 1 heterocycles. The van der Waals surface area contributed by atoms with Crippen LogP contribution in [0.25, 0.3) is 0 Å². The zero-order valence-electron chi connectivity index (χ0n) is 9.20. The number of methoxy groups -OCH3 is 1. The van der Waals surface area contributed by atoms with E-state index in [1.807, 2.05) is 0 Å². The van der Waals surface area contributed by atoms with Crippen molar-refractivity contribution in [1.82, 2.24) is 9.55 Å². The number of carbonyl (C=O) groups is 1. The van der Waals surface area contributed by atoms with E-state index in [4.69, 9.17) is 4.74 Å². The monoisotopic (exact) mass is 228 g/mol. The summed E-state index contributed by atoms with van der Waals surface area (Å²) in [7, 11) is 2.51. The normalized spacial score (nSPS) is 9.94. The second kappa shape index (κ2) is 4.65. The van der Waals surface area contributed by atoms with Crippen molar-refractivity contribution < 1.29 is 14.3 Å². The molecule has 1 aromatic rings. The molecule has 0 aliphatic carbocycles. The van der Waals surface area contributed by atoms with Crippen molar-refractivity contribution >= 4 is 5.97 Å². The summed E-state index contributed by atoms with van der Waals surface area (Å²) in [5.41, 5.74) is -1.65. The van der Waals surface area contributed by atoms with Crippen LogP contribution in [-0.2, 0) is 11.8 Å². The number of rotatable bonds is 3. The molecule has 0 bridgehead atoms. The molecule has 0 atom stereocenters. The lowest BCUT2D eigenvalue weighted by molar-refractivity contribution is 0.0514. The highest BCUT2D eigenvalue weighted by Gasteiger charge is 2.19. The van der Waals surface area contributed by atoms with E-state index in [2.05, 4.69) is 9.72 Å². The fourth-order valence-corrected chi connectivity index (χ4v) is 1.14. The van der Waals surface area contributed by atoms with Gasteiger partial charge in [-0.05, 0) is 6.92 Å². The molecule has 0 aliphatic heterocycles. The van der Waals surface area contributed by atoms with Crippen molar-refractivity contribution in [3.05, 3.63) is 26.5 Å². The van der Waals surface area contributed by atoms with Gasteiger partial charge in [0, 0.05) is 7.05 Å². The molecule has 0 aromatic carbocycles. The van der Waals surface area contributed by atoms with Gasteiger partial charge in [-0.3, -0.25) is 14.3 Å². The third-order valence-corrected chi connectivity index (χ3v) is 1.95. The third-order valence-electron chi connectivity index (χ3n) is 1.95. The molecule has 16 heavy (non-hydrogen) atoms. The van der Waals surface area contributed by atoms with Gasteiger partial charge in [-0.2, -0.15) is 0 Å². The molecule has 7 nitrogen and oxygen atoms in total. The number of aromatic amines is 1. The van der Waals surface area contributed by atoms with Gasteiger partial charge >= 0.3 is 11.7 Å². The van der Waals surface area contributed by atoms with Crippen molar-refractivity contribution in [2.45, 2.75) is 6.92 Å². The smallest absolute Gasteiger partial charge is 0.359 e. The van der Waals surface area contributed by atoms with Gasteiger partial charge in [0.1, 0.15) is 0 Å². The average molecular weight is 228 g/mol. The molecule has 1 aromatic heterocycles. The molecule has 1 N–H and O–H groups in total. The van der Waals surface area contributed by atoms with Gasteiger partial charge in [0.15, 0.2) is 5.69 Å². The fourth-order valence-electron chi connectivity index (χ4n) is 1.14. The van der Waals surface area contributed by atoms with Crippen LogP contribution < -0.4 is 16.0 Å². The van der Waals surface area contributed by atoms with Gasteiger partial charge in [-0.15, -0.1) is 0 Å². The minimum atomic E-state index is -0.797. The second-order valence-electron chi connectivity index (χ2n) is 2.92. The molecule has 0 saturated heterocycles. The first-order chi connectivity index (χ1) is 7.52. The Balaban J connectivity index is 3.45. The molecule has 0 amide bonds. The van der Waals surface area contributed by atoms with E-state index >= 15 is 0 Å². The summed E-state index contributed by atoms with van der Waals surface area (Å²) in [5.74, 6) is -1.03. The first kappa shape index (κ1) is 12.0. The average Bonchev–Trinajstić information content (AvgIpc) is 2.26. The van der Waals surface area contributed by atoms with Crippen LogP contribution >= 0.6 is 0 Å². The van der Waals surface area contributed by atoms with Crippen molar-refractivity contribution in [2.75, 3.05) is 13.7 Å². The van der Waals surface area contributed by atoms with Gasteiger partial charge < -0.3 is 9.47 Å². The summed E-state index contributed by atoms with van der Waals surface area (Å²) in [6.45, 7) is 1.75. The molecular formula is C9H12N2O5.